The van der Waals surface area contributed by atoms with E-state index in [1.54, 1.807) is 11.8 Å². The summed E-state index contributed by atoms with van der Waals surface area (Å²) in [6, 6.07) is 8.21. The second-order valence-electron chi connectivity index (χ2n) is 7.41. The van der Waals surface area contributed by atoms with Crippen LogP contribution in [0.2, 0.25) is 0 Å². The van der Waals surface area contributed by atoms with Gasteiger partial charge in [0.05, 0.1) is 5.75 Å². The van der Waals surface area contributed by atoms with E-state index in [-0.39, 0.29) is 16.9 Å². The lowest BCUT2D eigenvalue weighted by Crippen LogP contribution is -2.32. The minimum absolute atomic E-state index is 0.132. The molecule has 0 N–H and O–H groups in total. The van der Waals surface area contributed by atoms with E-state index in [9.17, 15) is 4.79 Å². The largest absolute Gasteiger partial charge is 0.488 e. The summed E-state index contributed by atoms with van der Waals surface area (Å²) in [4.78, 5) is 16.7. The van der Waals surface area contributed by atoms with Gasteiger partial charge >= 0.3 is 0 Å². The molecule has 0 bridgehead atoms. The van der Waals surface area contributed by atoms with Gasteiger partial charge in [0.25, 0.3) is 0 Å². The number of benzene rings is 1. The van der Waals surface area contributed by atoms with E-state index in [0.29, 0.717) is 5.75 Å². The standard InChI is InChI=1S/C20H32N2O2S/c1-6-21(7-2)13-8-14-22-18(23)15-25-19(22)16-9-11-17(12-10-16)24-20(3,4)5/h9-12,19H,6-8,13-15H2,1-5H3. The Labute approximate surface area is 156 Å². The van der Waals surface area contributed by atoms with Crippen LogP contribution >= 0.6 is 11.8 Å². The molecule has 0 radical (unpaired) electrons. The lowest BCUT2D eigenvalue weighted by molar-refractivity contribution is -0.128. The fourth-order valence-corrected chi connectivity index (χ4v) is 4.25. The van der Waals surface area contributed by atoms with Crippen LogP contribution in [0.15, 0.2) is 24.3 Å². The van der Waals surface area contributed by atoms with Gasteiger partial charge in [0, 0.05) is 6.54 Å². The Morgan fingerprint density at radius 1 is 1.20 bits per heavy atom. The molecule has 4 nitrogen and oxygen atoms in total. The van der Waals surface area contributed by atoms with Gasteiger partial charge in [-0.15, -0.1) is 11.8 Å². The first-order chi connectivity index (χ1) is 11.8. The van der Waals surface area contributed by atoms with Gasteiger partial charge in [-0.2, -0.15) is 0 Å². The van der Waals surface area contributed by atoms with Crippen molar-refractivity contribution in [2.24, 2.45) is 0 Å². The summed E-state index contributed by atoms with van der Waals surface area (Å²) >= 11 is 1.72. The zero-order valence-corrected chi connectivity index (χ0v) is 17.1. The third kappa shape index (κ3) is 5.93. The van der Waals surface area contributed by atoms with Crippen molar-refractivity contribution < 1.29 is 9.53 Å². The van der Waals surface area contributed by atoms with Gasteiger partial charge in [0.1, 0.15) is 16.7 Å². The molecule has 1 aliphatic heterocycles. The van der Waals surface area contributed by atoms with E-state index in [1.807, 2.05) is 37.8 Å². The van der Waals surface area contributed by atoms with Crippen LogP contribution < -0.4 is 4.74 Å². The van der Waals surface area contributed by atoms with E-state index in [4.69, 9.17) is 4.74 Å². The fourth-order valence-electron chi connectivity index (χ4n) is 3.03. The molecule has 0 aliphatic carbocycles. The predicted molar refractivity (Wildman–Crippen MR) is 106 cm³/mol. The van der Waals surface area contributed by atoms with Gasteiger partial charge in [-0.1, -0.05) is 26.0 Å². The van der Waals surface area contributed by atoms with Gasteiger partial charge in [-0.25, -0.2) is 0 Å². The van der Waals surface area contributed by atoms with Gasteiger partial charge < -0.3 is 14.5 Å². The Morgan fingerprint density at radius 2 is 1.84 bits per heavy atom. The Balaban J connectivity index is 1.98. The first kappa shape index (κ1) is 20.1. The van der Waals surface area contributed by atoms with Gasteiger partial charge in [0.15, 0.2) is 0 Å². The third-order valence-corrected chi connectivity index (χ3v) is 5.58. The third-order valence-electron chi connectivity index (χ3n) is 4.33. The average Bonchev–Trinajstić information content (AvgIpc) is 2.92. The molecule has 2 rings (SSSR count). The number of hydrogen-bond acceptors (Lipinski definition) is 4. The summed E-state index contributed by atoms with van der Waals surface area (Å²) < 4.78 is 5.89. The summed E-state index contributed by atoms with van der Waals surface area (Å²) in [6.07, 6.45) is 1.02. The highest BCUT2D eigenvalue weighted by Gasteiger charge is 2.32. The number of carbonyl (C=O) groups excluding carboxylic acids is 1. The monoisotopic (exact) mass is 364 g/mol. The van der Waals surface area contributed by atoms with Crippen LogP contribution in [0.1, 0.15) is 52.0 Å². The number of carbonyl (C=O) groups is 1. The molecule has 1 aromatic carbocycles. The summed E-state index contributed by atoms with van der Waals surface area (Å²) in [7, 11) is 0. The van der Waals surface area contributed by atoms with Crippen LogP contribution in [-0.4, -0.2) is 53.2 Å². The smallest absolute Gasteiger partial charge is 0.233 e. The van der Waals surface area contributed by atoms with Crippen LogP contribution in [0.25, 0.3) is 0 Å². The molecule has 5 heteroatoms. The Bertz CT molecular complexity index is 550. The molecule has 1 aromatic rings. The van der Waals surface area contributed by atoms with E-state index in [0.717, 1.165) is 38.3 Å². The maximum absolute atomic E-state index is 12.3. The van der Waals surface area contributed by atoms with Crippen LogP contribution in [0.3, 0.4) is 0 Å². The zero-order chi connectivity index (χ0) is 18.4. The summed E-state index contributed by atoms with van der Waals surface area (Å²) in [5, 5.41) is 0.132. The minimum atomic E-state index is -0.198. The number of amides is 1. The van der Waals surface area contributed by atoms with Crippen molar-refractivity contribution in [2.45, 2.75) is 52.0 Å². The maximum atomic E-state index is 12.3. The van der Waals surface area contributed by atoms with E-state index in [2.05, 4.69) is 30.9 Å². The summed E-state index contributed by atoms with van der Waals surface area (Å²) in [6.45, 7) is 14.5. The highest BCUT2D eigenvalue weighted by Crippen LogP contribution is 2.39. The fraction of sp³-hybridized carbons (Fsp3) is 0.650. The highest BCUT2D eigenvalue weighted by atomic mass is 32.2. The first-order valence-corrected chi connectivity index (χ1v) is 10.3. The number of nitrogens with zero attached hydrogens (tertiary/aromatic N) is 2. The van der Waals surface area contributed by atoms with Crippen molar-refractivity contribution in [3.8, 4) is 5.75 Å². The molecule has 1 saturated heterocycles. The van der Waals surface area contributed by atoms with E-state index >= 15 is 0 Å². The van der Waals surface area contributed by atoms with Crippen LogP contribution in [0, 0.1) is 0 Å². The van der Waals surface area contributed by atoms with Gasteiger partial charge in [0.2, 0.25) is 5.91 Å². The molecule has 1 amide bonds. The molecule has 1 aliphatic rings. The van der Waals surface area contributed by atoms with E-state index in [1.165, 1.54) is 5.56 Å². The minimum Gasteiger partial charge on any atom is -0.488 e. The predicted octanol–water partition coefficient (Wildman–Crippen LogP) is 4.17. The normalized spacial score (nSPS) is 18.2. The molecule has 1 atom stereocenters. The molecule has 25 heavy (non-hydrogen) atoms. The topological polar surface area (TPSA) is 32.8 Å². The molecule has 0 aromatic heterocycles. The number of ether oxygens (including phenoxy) is 1. The molecular formula is C20H32N2O2S. The van der Waals surface area contributed by atoms with Crippen LogP contribution in [0.4, 0.5) is 0 Å². The molecule has 1 unspecified atom stereocenters. The molecule has 0 saturated carbocycles. The lowest BCUT2D eigenvalue weighted by atomic mass is 10.1. The van der Waals surface area contributed by atoms with Crippen molar-refractivity contribution in [3.63, 3.8) is 0 Å². The maximum Gasteiger partial charge on any atom is 0.233 e. The van der Waals surface area contributed by atoms with E-state index < -0.39 is 0 Å². The lowest BCUT2D eigenvalue weighted by Gasteiger charge is -2.26. The van der Waals surface area contributed by atoms with Gasteiger partial charge in [-0.05, 0) is 64.5 Å². The zero-order valence-electron chi connectivity index (χ0n) is 16.2. The molecule has 0 spiro atoms. The summed E-state index contributed by atoms with van der Waals surface area (Å²) in [5.41, 5.74) is 0.982. The molecule has 1 fully saturated rings. The van der Waals surface area contributed by atoms with Gasteiger partial charge in [-0.3, -0.25) is 4.79 Å². The second-order valence-corrected chi connectivity index (χ2v) is 8.48. The van der Waals surface area contributed by atoms with Crippen molar-refractivity contribution in [1.82, 2.24) is 9.80 Å². The quantitative estimate of drug-likeness (QED) is 0.693. The van der Waals surface area contributed by atoms with Crippen molar-refractivity contribution in [1.29, 1.82) is 0 Å². The molecule has 1 heterocycles. The van der Waals surface area contributed by atoms with Crippen molar-refractivity contribution in [2.75, 3.05) is 31.9 Å². The van der Waals surface area contributed by atoms with Crippen molar-refractivity contribution >= 4 is 17.7 Å². The number of hydrogen-bond donors (Lipinski definition) is 0. The van der Waals surface area contributed by atoms with Crippen LogP contribution in [-0.2, 0) is 4.79 Å². The highest BCUT2D eigenvalue weighted by molar-refractivity contribution is 8.00. The molecule has 140 valence electrons. The molecular weight excluding hydrogens is 332 g/mol. The summed E-state index contributed by atoms with van der Waals surface area (Å²) in [5.74, 6) is 1.71. The second kappa shape index (κ2) is 8.95. The first-order valence-electron chi connectivity index (χ1n) is 9.26. The Morgan fingerprint density at radius 3 is 2.40 bits per heavy atom. The average molecular weight is 365 g/mol. The number of thioether (sulfide) groups is 1. The van der Waals surface area contributed by atoms with Crippen molar-refractivity contribution in [3.05, 3.63) is 29.8 Å². The SMILES string of the molecule is CCN(CC)CCCN1C(=O)CSC1c1ccc(OC(C)(C)C)cc1. The van der Waals surface area contributed by atoms with Crippen LogP contribution in [0.5, 0.6) is 5.75 Å². The Hall–Kier alpha value is -1.20. The number of rotatable bonds is 8. The Kier molecular flexibility index (Phi) is 7.20.